The number of carbonyl (C=O) groups excluding carboxylic acids is 4. The molecule has 4 amide bonds. The molecule has 0 aliphatic heterocycles. The minimum absolute atomic E-state index is 0.163. The number of aryl methyl sites for hydroxylation is 1. The number of H-pyrrole nitrogens is 1. The number of hydrogen-bond acceptors (Lipinski definition) is 15. The summed E-state index contributed by atoms with van der Waals surface area (Å²) in [7, 11) is 0.167. The number of aliphatic hydroxyl groups excluding tert-OH is 3. The third-order valence-electron chi connectivity index (χ3n) is 6.56. The van der Waals surface area contributed by atoms with Gasteiger partial charge in [0.1, 0.15) is 19.8 Å². The lowest BCUT2D eigenvalue weighted by molar-refractivity contribution is -0.140. The van der Waals surface area contributed by atoms with Crippen molar-refractivity contribution in [2.45, 2.75) is 20.8 Å². The smallest absolute Gasteiger partial charge is 0.329 e. The van der Waals surface area contributed by atoms with Crippen LogP contribution in [0.2, 0.25) is 0 Å². The molecule has 0 aliphatic rings. The first-order valence-corrected chi connectivity index (χ1v) is 20.5. The van der Waals surface area contributed by atoms with E-state index in [1.165, 1.54) is 50.4 Å². The van der Waals surface area contributed by atoms with E-state index >= 15 is 0 Å². The molecule has 2 heterocycles. The lowest BCUT2D eigenvalue weighted by atomic mass is 10.3. The number of fused-ring (bicyclic) bond motifs is 2. The van der Waals surface area contributed by atoms with E-state index in [2.05, 4.69) is 80.7 Å². The van der Waals surface area contributed by atoms with Crippen LogP contribution in [0.4, 0.5) is 0 Å². The molecule has 0 spiro atoms. The number of carboxylic acids is 1. The number of nitrogens with one attached hydrogen (secondary N) is 5. The lowest BCUT2D eigenvalue weighted by Crippen LogP contribution is -2.31. The van der Waals surface area contributed by atoms with Crippen LogP contribution in [0.5, 0.6) is 0 Å². The molecular formula is C46H59N10O11P. The first-order valence-electron chi connectivity index (χ1n) is 19.2. The molecule has 0 atom stereocenters. The molecule has 0 saturated heterocycles. The van der Waals surface area contributed by atoms with Gasteiger partial charge in [-0.1, -0.05) is 82.0 Å². The summed E-state index contributed by atoms with van der Waals surface area (Å²) in [6.07, 6.45) is 12.0. The number of amides is 4. The highest BCUT2D eigenvalue weighted by molar-refractivity contribution is 7.22. The Balaban J connectivity index is -0.000000748. The molecule has 4 aromatic rings. The highest BCUT2D eigenvalue weighted by atomic mass is 31.1. The fourth-order valence-corrected chi connectivity index (χ4v) is 3.89. The quantitative estimate of drug-likeness (QED) is 0.0678. The van der Waals surface area contributed by atoms with Crippen molar-refractivity contribution < 1.29 is 49.0 Å². The zero-order chi connectivity index (χ0) is 52.6. The van der Waals surface area contributed by atoms with Gasteiger partial charge in [-0.2, -0.15) is 0 Å². The van der Waals surface area contributed by atoms with Crippen molar-refractivity contribution in [1.82, 2.24) is 41.2 Å². The maximum Gasteiger partial charge on any atom is 0.329 e. The number of aromatic nitrogens is 4. The molecule has 0 aliphatic carbocycles. The lowest BCUT2D eigenvalue weighted by Gasteiger charge is -2.11. The van der Waals surface area contributed by atoms with Gasteiger partial charge in [0.05, 0.1) is 62.4 Å². The monoisotopic (exact) mass is 958 g/mol. The van der Waals surface area contributed by atoms with Crippen molar-refractivity contribution in [2.75, 3.05) is 26.5 Å². The summed E-state index contributed by atoms with van der Waals surface area (Å²) < 4.78 is 8.90. The van der Waals surface area contributed by atoms with Gasteiger partial charge in [0.15, 0.2) is 8.46 Å². The number of nitrogens with zero attached hydrogens (tertiary/aromatic N) is 3. The summed E-state index contributed by atoms with van der Waals surface area (Å²) in [5.41, 5.74) is 17.0. The Morgan fingerprint density at radius 2 is 1.12 bits per heavy atom. The van der Waals surface area contributed by atoms with Crippen molar-refractivity contribution in [2.24, 2.45) is 11.5 Å². The molecule has 364 valence electrons. The molecule has 2 aromatic carbocycles. The number of aliphatic hydroxyl groups is 3. The summed E-state index contributed by atoms with van der Waals surface area (Å²) in [4.78, 5) is 77.8. The number of para-hydroxylation sites is 4. The zero-order valence-electron chi connectivity index (χ0n) is 38.2. The van der Waals surface area contributed by atoms with Gasteiger partial charge in [0.2, 0.25) is 23.6 Å². The van der Waals surface area contributed by atoms with Crippen LogP contribution < -0.4 is 38.3 Å². The van der Waals surface area contributed by atoms with Crippen LogP contribution >= 0.6 is 8.46 Å². The number of carbonyl (C=O) groups is 5. The Morgan fingerprint density at radius 3 is 1.57 bits per heavy atom. The van der Waals surface area contributed by atoms with E-state index in [-0.39, 0.29) is 37.2 Å². The maximum atomic E-state index is 10.9. The van der Waals surface area contributed by atoms with E-state index in [0.717, 1.165) is 27.8 Å². The topological polar surface area (TPSA) is 355 Å². The number of aromatic amines is 1. The first kappa shape index (κ1) is 63.8. The van der Waals surface area contributed by atoms with E-state index in [4.69, 9.17) is 41.3 Å². The van der Waals surface area contributed by atoms with Gasteiger partial charge < -0.3 is 58.1 Å². The molecule has 0 fully saturated rings. The van der Waals surface area contributed by atoms with Gasteiger partial charge in [0, 0.05) is 32.4 Å². The molecule has 0 radical (unpaired) electrons. The number of benzene rings is 2. The predicted octanol–water partition coefficient (Wildman–Crippen LogP) is 2.95. The Bertz CT molecular complexity index is 2520. The number of aliphatic carboxylic acids is 1. The summed E-state index contributed by atoms with van der Waals surface area (Å²) in [5.74, 6) is -2.79. The predicted molar refractivity (Wildman–Crippen MR) is 264 cm³/mol. The molecular weight excluding hydrogens is 900 g/mol. The van der Waals surface area contributed by atoms with Gasteiger partial charge in [-0.25, -0.2) is 14.8 Å². The number of carboxylic acid groups (broad SMARTS) is 1. The molecule has 0 unspecified atom stereocenters. The summed E-state index contributed by atoms with van der Waals surface area (Å²) in [6, 6.07) is 15.3. The van der Waals surface area contributed by atoms with Crippen LogP contribution in [0.3, 0.4) is 0 Å². The fourth-order valence-electron chi connectivity index (χ4n) is 3.89. The van der Waals surface area contributed by atoms with E-state index in [0.29, 0.717) is 22.8 Å². The van der Waals surface area contributed by atoms with Crippen LogP contribution in [0.25, 0.3) is 22.1 Å². The Morgan fingerprint density at radius 1 is 0.691 bits per heavy atom. The highest BCUT2D eigenvalue weighted by Crippen LogP contribution is 2.07. The minimum atomic E-state index is -1.19. The molecule has 0 bridgehead atoms. The van der Waals surface area contributed by atoms with Crippen molar-refractivity contribution in [3.63, 3.8) is 0 Å². The van der Waals surface area contributed by atoms with Gasteiger partial charge in [-0.15, -0.1) is 0 Å². The third kappa shape index (κ3) is 33.1. The molecule has 0 saturated carbocycles. The highest BCUT2D eigenvalue weighted by Gasteiger charge is 2.07. The zero-order valence-corrected chi connectivity index (χ0v) is 39.1. The van der Waals surface area contributed by atoms with E-state index < -0.39 is 37.6 Å². The van der Waals surface area contributed by atoms with E-state index in [9.17, 15) is 24.0 Å². The van der Waals surface area contributed by atoms with Gasteiger partial charge in [-0.3, -0.25) is 33.5 Å². The molecule has 22 heteroatoms. The van der Waals surface area contributed by atoms with Crippen molar-refractivity contribution >= 4 is 60.1 Å². The Kier molecular flexibility index (Phi) is 36.5. The molecule has 13 N–H and O–H groups in total. The van der Waals surface area contributed by atoms with Crippen LogP contribution in [0.1, 0.15) is 19.5 Å². The number of hydrogen-bond donors (Lipinski definition) is 11. The van der Waals surface area contributed by atoms with Gasteiger partial charge >= 0.3 is 5.97 Å². The first-order chi connectivity index (χ1) is 32.1. The van der Waals surface area contributed by atoms with E-state index in [1.807, 2.05) is 55.5 Å². The maximum absolute atomic E-state index is 10.9. The second kappa shape index (κ2) is 38.9. The fraction of sp³-hybridized carbons (Fsp3) is 0.152. The molecule has 21 nitrogen and oxygen atoms in total. The van der Waals surface area contributed by atoms with Gasteiger partial charge in [0.25, 0.3) is 5.56 Å². The molecule has 2 aromatic heterocycles. The number of allylic oxidation sites excluding steroid dienone is 6. The Hall–Kier alpha value is -8.49. The van der Waals surface area contributed by atoms with Crippen LogP contribution in [-0.4, -0.2) is 96.4 Å². The molecule has 4 rings (SSSR count). The summed E-state index contributed by atoms with van der Waals surface area (Å²) >= 11 is 0. The SMILES string of the molecule is C=C/C=C(/N)C(=C)NC(C)=O.C=C/C=C(/NC(=O)CO)C(=C)N.C=C/C=C(/NC(=O)CO)C(=C)NC(C)=O.CP=O.Cc1cnc2ccccc2n1.O=C(O)CO.O=c1cnc2ccccc2[nH]1. The van der Waals surface area contributed by atoms with Crippen LogP contribution in [-0.2, 0) is 28.5 Å². The average Bonchev–Trinajstić information content (AvgIpc) is 3.29. The number of rotatable bonds is 13. The average molecular weight is 959 g/mol. The number of nitrogens with two attached hydrogens (primary N) is 2. The van der Waals surface area contributed by atoms with E-state index in [1.54, 1.807) is 18.9 Å². The second-order valence-corrected chi connectivity index (χ2v) is 12.6. The third-order valence-corrected chi connectivity index (χ3v) is 6.56. The second-order valence-electron chi connectivity index (χ2n) is 12.2. The van der Waals surface area contributed by atoms with Gasteiger partial charge in [-0.05, 0) is 49.4 Å². The van der Waals surface area contributed by atoms with Crippen molar-refractivity contribution in [1.29, 1.82) is 0 Å². The summed E-state index contributed by atoms with van der Waals surface area (Å²) in [6.45, 7) is 25.1. The minimum Gasteiger partial charge on any atom is -0.480 e. The normalized spacial score (nSPS) is 10.0. The largest absolute Gasteiger partial charge is 0.480 e. The molecule has 68 heavy (non-hydrogen) atoms. The standard InChI is InChI=1S/C10H14N2O3.C9H8N2.C8H12N2O2.C8H6N2O.C8H12N2O.C2H4O3.CH3OP/c1-4-5-9(12-10(15)6-13)7(2)11-8(3)14;1-7-6-10-8-4-2-3-5-9(8)11-7;1-3-4-7(6(2)9)10-8(12)5-11;11-8-5-9-6-3-1-2-4-7(6)10-8;1-4-5-8(9)6(2)10-7(3)11;3-1-2(4)5;1-3-2/h4-5,13H,1-2,6H2,3H3,(H,11,14)(H,12,15);2-6H,1H3;3-4,11H,1-2,5,9H2,(H,10,12);1-5H,(H,10,11);4-5H,1-2,9H2,3H3,(H,10,11);3H,1H2,(H,4,5);1H3/b9-5+;;7-4+;;8-5+;;. The van der Waals surface area contributed by atoms with Crippen molar-refractivity contribution in [3.05, 3.63) is 187 Å². The van der Waals surface area contributed by atoms with Crippen LogP contribution in [0.15, 0.2) is 176 Å². The summed E-state index contributed by atoms with van der Waals surface area (Å²) in [5, 5.41) is 41.5. The van der Waals surface area contributed by atoms with Crippen molar-refractivity contribution in [3.8, 4) is 0 Å². The Labute approximate surface area is 395 Å². The van der Waals surface area contributed by atoms with Crippen LogP contribution in [0, 0.1) is 6.92 Å².